The normalized spacial score (nSPS) is 12.7. The zero-order valence-electron chi connectivity index (χ0n) is 17.3. The van der Waals surface area contributed by atoms with Gasteiger partial charge in [0.15, 0.2) is 0 Å². The number of esters is 1. The number of amides is 1. The number of pyridine rings is 1. The Morgan fingerprint density at radius 2 is 1.93 bits per heavy atom. The van der Waals surface area contributed by atoms with Crippen LogP contribution in [0.1, 0.15) is 23.0 Å². The molecule has 0 fully saturated rings. The van der Waals surface area contributed by atoms with E-state index in [0.717, 1.165) is 27.5 Å². The Kier molecular flexibility index (Phi) is 5.34. The number of hydrogen-bond donors (Lipinski definition) is 0. The average molecular weight is 423 g/mol. The van der Waals surface area contributed by atoms with Gasteiger partial charge in [0.05, 0.1) is 24.1 Å². The van der Waals surface area contributed by atoms with E-state index >= 15 is 0 Å². The first-order chi connectivity index (χ1) is 14.4. The SMILES string of the molecule is COC(=O)c1cc(-c2c(-c3cccc(C)n3)nc3n2CCN3C(C)=O)ccc1SC. The minimum Gasteiger partial charge on any atom is -0.465 e. The number of benzene rings is 1. The van der Waals surface area contributed by atoms with Gasteiger partial charge in [-0.25, -0.2) is 9.78 Å². The summed E-state index contributed by atoms with van der Waals surface area (Å²) in [6.45, 7) is 4.66. The average Bonchev–Trinajstić information content (AvgIpc) is 3.32. The Bertz CT molecular complexity index is 1160. The van der Waals surface area contributed by atoms with E-state index in [2.05, 4.69) is 4.98 Å². The molecule has 0 aliphatic carbocycles. The Hall–Kier alpha value is -3.13. The number of anilines is 1. The lowest BCUT2D eigenvalue weighted by molar-refractivity contribution is -0.116. The molecule has 1 aliphatic heterocycles. The second-order valence-corrected chi connectivity index (χ2v) is 7.85. The van der Waals surface area contributed by atoms with E-state index in [4.69, 9.17) is 9.72 Å². The second kappa shape index (κ2) is 7.95. The highest BCUT2D eigenvalue weighted by Crippen LogP contribution is 2.39. The Balaban J connectivity index is 1.97. The molecule has 30 heavy (non-hydrogen) atoms. The number of carbonyl (C=O) groups is 2. The molecule has 0 bridgehead atoms. The van der Waals surface area contributed by atoms with Crippen LogP contribution in [-0.4, -0.2) is 46.3 Å². The summed E-state index contributed by atoms with van der Waals surface area (Å²) in [6.07, 6.45) is 1.92. The largest absolute Gasteiger partial charge is 0.465 e. The summed E-state index contributed by atoms with van der Waals surface area (Å²) < 4.78 is 7.01. The van der Waals surface area contributed by atoms with Crippen molar-refractivity contribution in [3.63, 3.8) is 0 Å². The van der Waals surface area contributed by atoms with E-state index in [1.807, 2.05) is 54.1 Å². The molecule has 0 unspecified atom stereocenters. The van der Waals surface area contributed by atoms with Crippen molar-refractivity contribution in [3.05, 3.63) is 47.7 Å². The third kappa shape index (κ3) is 3.37. The molecule has 8 heteroatoms. The number of ether oxygens (including phenoxy) is 1. The smallest absolute Gasteiger partial charge is 0.339 e. The Labute approximate surface area is 179 Å². The third-order valence-electron chi connectivity index (χ3n) is 5.13. The molecule has 4 rings (SSSR count). The summed E-state index contributed by atoms with van der Waals surface area (Å²) in [6, 6.07) is 11.5. The van der Waals surface area contributed by atoms with Gasteiger partial charge in [-0.3, -0.25) is 14.7 Å². The molecule has 3 heterocycles. The summed E-state index contributed by atoms with van der Waals surface area (Å²) in [5.41, 5.74) is 4.46. The quantitative estimate of drug-likeness (QED) is 0.470. The van der Waals surface area contributed by atoms with Gasteiger partial charge in [-0.2, -0.15) is 0 Å². The molecule has 1 aliphatic rings. The van der Waals surface area contributed by atoms with Crippen LogP contribution in [0.3, 0.4) is 0 Å². The van der Waals surface area contributed by atoms with Gasteiger partial charge in [-0.05, 0) is 37.4 Å². The van der Waals surface area contributed by atoms with Gasteiger partial charge in [0.25, 0.3) is 0 Å². The number of carbonyl (C=O) groups excluding carboxylic acids is 2. The van der Waals surface area contributed by atoms with Crippen molar-refractivity contribution < 1.29 is 14.3 Å². The molecule has 154 valence electrons. The second-order valence-electron chi connectivity index (χ2n) is 7.00. The predicted molar refractivity (Wildman–Crippen MR) is 117 cm³/mol. The third-order valence-corrected chi connectivity index (χ3v) is 5.92. The number of nitrogens with zero attached hydrogens (tertiary/aromatic N) is 4. The number of rotatable bonds is 4. The Morgan fingerprint density at radius 3 is 2.60 bits per heavy atom. The summed E-state index contributed by atoms with van der Waals surface area (Å²) >= 11 is 1.49. The van der Waals surface area contributed by atoms with Crippen molar-refractivity contribution in [2.24, 2.45) is 0 Å². The van der Waals surface area contributed by atoms with Crippen molar-refractivity contribution in [1.29, 1.82) is 0 Å². The lowest BCUT2D eigenvalue weighted by Gasteiger charge is -2.11. The van der Waals surface area contributed by atoms with E-state index < -0.39 is 0 Å². The van der Waals surface area contributed by atoms with Crippen LogP contribution >= 0.6 is 11.8 Å². The van der Waals surface area contributed by atoms with E-state index in [-0.39, 0.29) is 11.9 Å². The molecule has 0 saturated carbocycles. The number of aryl methyl sites for hydroxylation is 1. The first-order valence-corrected chi connectivity index (χ1v) is 10.8. The first kappa shape index (κ1) is 20.2. The van der Waals surface area contributed by atoms with Gasteiger partial charge in [0.2, 0.25) is 11.9 Å². The van der Waals surface area contributed by atoms with Crippen molar-refractivity contribution in [3.8, 4) is 22.6 Å². The summed E-state index contributed by atoms with van der Waals surface area (Å²) in [5, 5.41) is 0. The maximum absolute atomic E-state index is 12.4. The van der Waals surface area contributed by atoms with Crippen LogP contribution in [0.25, 0.3) is 22.6 Å². The van der Waals surface area contributed by atoms with Crippen molar-refractivity contribution >= 4 is 29.6 Å². The molecule has 1 aromatic carbocycles. The molecule has 1 amide bonds. The maximum Gasteiger partial charge on any atom is 0.339 e. The Morgan fingerprint density at radius 1 is 1.13 bits per heavy atom. The first-order valence-electron chi connectivity index (χ1n) is 9.54. The molecule has 0 atom stereocenters. The van der Waals surface area contributed by atoms with Crippen LogP contribution in [0.15, 0.2) is 41.3 Å². The van der Waals surface area contributed by atoms with Crippen molar-refractivity contribution in [1.82, 2.24) is 14.5 Å². The van der Waals surface area contributed by atoms with Gasteiger partial charge in [-0.1, -0.05) is 12.1 Å². The van der Waals surface area contributed by atoms with Crippen LogP contribution in [-0.2, 0) is 16.1 Å². The van der Waals surface area contributed by atoms with Crippen molar-refractivity contribution in [2.45, 2.75) is 25.3 Å². The lowest BCUT2D eigenvalue weighted by atomic mass is 10.0. The van der Waals surface area contributed by atoms with Crippen LogP contribution < -0.4 is 4.90 Å². The summed E-state index contributed by atoms with van der Waals surface area (Å²) in [4.78, 5) is 36.4. The minimum atomic E-state index is -0.386. The molecule has 0 radical (unpaired) electrons. The number of thioether (sulfide) groups is 1. The monoisotopic (exact) mass is 422 g/mol. The number of fused-ring (bicyclic) bond motifs is 1. The predicted octanol–water partition coefficient (Wildman–Crippen LogP) is 3.80. The summed E-state index contributed by atoms with van der Waals surface area (Å²) in [7, 11) is 1.38. The van der Waals surface area contributed by atoms with Crippen LogP contribution in [0.4, 0.5) is 5.95 Å². The molecular formula is C22H22N4O3S. The summed E-state index contributed by atoms with van der Waals surface area (Å²) in [5.74, 6) is 0.161. The topological polar surface area (TPSA) is 77.3 Å². The van der Waals surface area contributed by atoms with Gasteiger partial charge in [0, 0.05) is 36.2 Å². The highest BCUT2D eigenvalue weighted by Gasteiger charge is 2.31. The van der Waals surface area contributed by atoms with E-state index in [1.165, 1.54) is 25.8 Å². The van der Waals surface area contributed by atoms with Gasteiger partial charge in [0.1, 0.15) is 5.69 Å². The van der Waals surface area contributed by atoms with Crippen molar-refractivity contribution in [2.75, 3.05) is 24.8 Å². The van der Waals surface area contributed by atoms with E-state index in [0.29, 0.717) is 30.3 Å². The number of methoxy groups -OCH3 is 1. The fourth-order valence-electron chi connectivity index (χ4n) is 3.73. The van der Waals surface area contributed by atoms with Gasteiger partial charge < -0.3 is 9.30 Å². The molecule has 0 spiro atoms. The number of imidazole rings is 1. The molecule has 0 saturated heterocycles. The zero-order valence-corrected chi connectivity index (χ0v) is 18.1. The number of hydrogen-bond acceptors (Lipinski definition) is 6. The highest BCUT2D eigenvalue weighted by molar-refractivity contribution is 7.98. The molecular weight excluding hydrogens is 400 g/mol. The minimum absolute atomic E-state index is 0.0537. The molecule has 3 aromatic rings. The van der Waals surface area contributed by atoms with E-state index in [1.54, 1.807) is 4.90 Å². The van der Waals surface area contributed by atoms with Gasteiger partial charge >= 0.3 is 5.97 Å². The van der Waals surface area contributed by atoms with E-state index in [9.17, 15) is 9.59 Å². The molecule has 0 N–H and O–H groups in total. The maximum atomic E-state index is 12.4. The van der Waals surface area contributed by atoms with Crippen LogP contribution in [0.2, 0.25) is 0 Å². The highest BCUT2D eigenvalue weighted by atomic mass is 32.2. The van der Waals surface area contributed by atoms with Crippen LogP contribution in [0, 0.1) is 6.92 Å². The van der Waals surface area contributed by atoms with Gasteiger partial charge in [-0.15, -0.1) is 11.8 Å². The zero-order chi connectivity index (χ0) is 21.4. The number of aromatic nitrogens is 3. The molecule has 7 nitrogen and oxygen atoms in total. The molecule has 2 aromatic heterocycles. The fraction of sp³-hybridized carbons (Fsp3) is 0.273. The standard InChI is InChI=1S/C22H22N4O3S/c1-13-6-5-7-17(23-13)19-20(26-11-10-25(14(2)27)22(26)24-19)15-8-9-18(30-4)16(12-15)21(28)29-3/h5-9,12H,10-11H2,1-4H3. The lowest BCUT2D eigenvalue weighted by Crippen LogP contribution is -2.26. The van der Waals surface area contributed by atoms with Crippen LogP contribution in [0.5, 0.6) is 0 Å². The fourth-order valence-corrected chi connectivity index (χ4v) is 4.29.